The van der Waals surface area contributed by atoms with Gasteiger partial charge in [-0.2, -0.15) is 0 Å². The maximum atomic E-state index is 11.1. The Kier molecular flexibility index (Phi) is 4.52. The Morgan fingerprint density at radius 2 is 2.25 bits per heavy atom. The second-order valence-electron chi connectivity index (χ2n) is 3.92. The van der Waals surface area contributed by atoms with Crippen LogP contribution < -0.4 is 5.73 Å². The molecule has 1 atom stereocenters. The average Bonchev–Trinajstić information content (AvgIpc) is 2.68. The molecule has 1 rings (SSSR count). The van der Waals surface area contributed by atoms with Crippen molar-refractivity contribution in [2.24, 2.45) is 5.73 Å². The van der Waals surface area contributed by atoms with Crippen molar-refractivity contribution in [3.8, 4) is 0 Å². The molecule has 6 heteroatoms. The van der Waals surface area contributed by atoms with Crippen molar-refractivity contribution in [3.05, 3.63) is 24.2 Å². The summed E-state index contributed by atoms with van der Waals surface area (Å²) in [5.41, 5.74) is 6.64. The number of rotatable bonds is 6. The smallest absolute Gasteiger partial charge is 0.148 e. The van der Waals surface area contributed by atoms with Crippen LogP contribution >= 0.6 is 0 Å². The highest BCUT2D eigenvalue weighted by molar-refractivity contribution is 7.90. The van der Waals surface area contributed by atoms with E-state index in [9.17, 15) is 8.42 Å². The zero-order valence-corrected chi connectivity index (χ0v) is 10.4. The molecule has 0 aliphatic rings. The van der Waals surface area contributed by atoms with E-state index in [-0.39, 0.29) is 11.8 Å². The molecule has 0 aliphatic carbocycles. The monoisotopic (exact) mass is 246 g/mol. The van der Waals surface area contributed by atoms with Crippen LogP contribution in [0.4, 0.5) is 0 Å². The minimum Gasteiger partial charge on any atom is -0.472 e. The molecular formula is C10H18N2O3S. The van der Waals surface area contributed by atoms with E-state index in [2.05, 4.69) is 0 Å². The molecule has 16 heavy (non-hydrogen) atoms. The first-order valence-corrected chi connectivity index (χ1v) is 7.10. The van der Waals surface area contributed by atoms with Crippen molar-refractivity contribution in [2.75, 3.05) is 32.1 Å². The van der Waals surface area contributed by atoms with E-state index in [0.717, 1.165) is 5.56 Å². The summed E-state index contributed by atoms with van der Waals surface area (Å²) in [5.74, 6) is 0.137. The summed E-state index contributed by atoms with van der Waals surface area (Å²) in [6.45, 7) is 0.895. The van der Waals surface area contributed by atoms with Gasteiger partial charge >= 0.3 is 0 Å². The lowest BCUT2D eigenvalue weighted by Crippen LogP contribution is -2.33. The van der Waals surface area contributed by atoms with Crippen LogP contribution in [0.2, 0.25) is 0 Å². The van der Waals surface area contributed by atoms with E-state index in [0.29, 0.717) is 13.1 Å². The molecule has 0 spiro atoms. The van der Waals surface area contributed by atoms with E-state index in [4.69, 9.17) is 10.2 Å². The summed E-state index contributed by atoms with van der Waals surface area (Å²) < 4.78 is 27.1. The van der Waals surface area contributed by atoms with Gasteiger partial charge in [0.25, 0.3) is 0 Å². The van der Waals surface area contributed by atoms with Gasteiger partial charge in [0.05, 0.1) is 18.3 Å². The van der Waals surface area contributed by atoms with Crippen molar-refractivity contribution in [1.29, 1.82) is 0 Å². The van der Waals surface area contributed by atoms with Gasteiger partial charge in [0.2, 0.25) is 0 Å². The van der Waals surface area contributed by atoms with Crippen LogP contribution in [-0.4, -0.2) is 45.5 Å². The van der Waals surface area contributed by atoms with Crippen LogP contribution in [0, 0.1) is 0 Å². The zero-order valence-electron chi connectivity index (χ0n) is 9.59. The van der Waals surface area contributed by atoms with Crippen molar-refractivity contribution < 1.29 is 12.8 Å². The van der Waals surface area contributed by atoms with Gasteiger partial charge in [-0.15, -0.1) is 0 Å². The average molecular weight is 246 g/mol. The molecule has 0 amide bonds. The minimum absolute atomic E-state index is 0.000463. The van der Waals surface area contributed by atoms with E-state index in [1.807, 2.05) is 18.0 Å². The maximum Gasteiger partial charge on any atom is 0.148 e. The Labute approximate surface area is 96.1 Å². The van der Waals surface area contributed by atoms with E-state index >= 15 is 0 Å². The van der Waals surface area contributed by atoms with E-state index in [1.54, 1.807) is 12.5 Å². The fourth-order valence-electron chi connectivity index (χ4n) is 1.50. The number of sulfone groups is 1. The lowest BCUT2D eigenvalue weighted by atomic mass is 10.1. The molecule has 0 aromatic carbocycles. The van der Waals surface area contributed by atoms with Gasteiger partial charge in [0.1, 0.15) is 9.84 Å². The van der Waals surface area contributed by atoms with E-state index < -0.39 is 9.84 Å². The summed E-state index contributed by atoms with van der Waals surface area (Å²) in [5, 5.41) is 0. The van der Waals surface area contributed by atoms with Gasteiger partial charge in [-0.25, -0.2) is 8.42 Å². The van der Waals surface area contributed by atoms with Gasteiger partial charge in [-0.3, -0.25) is 4.90 Å². The second-order valence-corrected chi connectivity index (χ2v) is 6.18. The fraction of sp³-hybridized carbons (Fsp3) is 0.600. The molecule has 1 aromatic heterocycles. The largest absolute Gasteiger partial charge is 0.472 e. The van der Waals surface area contributed by atoms with E-state index in [1.165, 1.54) is 6.26 Å². The number of hydrogen-bond acceptors (Lipinski definition) is 5. The number of furan rings is 1. The third kappa shape index (κ3) is 3.96. The standard InChI is InChI=1S/C10H18N2O3S/c1-12(4-6-16(2,13)14)10(7-11)9-3-5-15-8-9/h3,5,8,10H,4,6-7,11H2,1-2H3. The molecule has 1 aromatic rings. The number of likely N-dealkylation sites (N-methyl/N-ethyl adjacent to an activating group) is 1. The summed E-state index contributed by atoms with van der Waals surface area (Å²) in [6.07, 6.45) is 4.45. The topological polar surface area (TPSA) is 76.5 Å². The molecule has 5 nitrogen and oxygen atoms in total. The highest BCUT2D eigenvalue weighted by Crippen LogP contribution is 2.18. The molecule has 0 radical (unpaired) electrons. The molecule has 92 valence electrons. The highest BCUT2D eigenvalue weighted by Gasteiger charge is 2.17. The Hall–Kier alpha value is -0.850. The Balaban J connectivity index is 2.61. The zero-order chi connectivity index (χ0) is 12.2. The summed E-state index contributed by atoms with van der Waals surface area (Å²) in [6, 6.07) is 1.84. The predicted molar refractivity (Wildman–Crippen MR) is 62.8 cm³/mol. The van der Waals surface area contributed by atoms with Gasteiger partial charge < -0.3 is 10.2 Å². The molecule has 1 unspecified atom stereocenters. The Morgan fingerprint density at radius 1 is 1.56 bits per heavy atom. The minimum atomic E-state index is -2.94. The number of nitrogens with two attached hydrogens (primary N) is 1. The second kappa shape index (κ2) is 5.47. The van der Waals surface area contributed by atoms with Gasteiger partial charge in [0.15, 0.2) is 0 Å². The van der Waals surface area contributed by atoms with Crippen molar-refractivity contribution >= 4 is 9.84 Å². The molecule has 0 bridgehead atoms. The van der Waals surface area contributed by atoms with Gasteiger partial charge in [-0.05, 0) is 13.1 Å². The summed E-state index contributed by atoms with van der Waals surface area (Å²) in [7, 11) is -1.08. The lowest BCUT2D eigenvalue weighted by Gasteiger charge is -2.25. The third-order valence-corrected chi connectivity index (χ3v) is 3.42. The predicted octanol–water partition coefficient (Wildman–Crippen LogP) is 0.256. The maximum absolute atomic E-state index is 11.1. The van der Waals surface area contributed by atoms with Crippen LogP contribution in [0.25, 0.3) is 0 Å². The van der Waals surface area contributed by atoms with Crippen LogP contribution in [0.15, 0.2) is 23.0 Å². The third-order valence-electron chi connectivity index (χ3n) is 2.50. The van der Waals surface area contributed by atoms with Crippen LogP contribution in [0.1, 0.15) is 11.6 Å². The van der Waals surface area contributed by atoms with Crippen LogP contribution in [-0.2, 0) is 9.84 Å². The van der Waals surface area contributed by atoms with Crippen molar-refractivity contribution in [3.63, 3.8) is 0 Å². The summed E-state index contributed by atoms with van der Waals surface area (Å²) >= 11 is 0. The molecule has 1 heterocycles. The molecule has 0 saturated carbocycles. The number of hydrogen-bond donors (Lipinski definition) is 1. The molecule has 0 aliphatic heterocycles. The van der Waals surface area contributed by atoms with Crippen molar-refractivity contribution in [2.45, 2.75) is 6.04 Å². The lowest BCUT2D eigenvalue weighted by molar-refractivity contribution is 0.263. The first-order valence-electron chi connectivity index (χ1n) is 5.04. The quantitative estimate of drug-likeness (QED) is 0.779. The normalized spacial score (nSPS) is 14.2. The first-order chi connectivity index (χ1) is 7.44. The SMILES string of the molecule is CN(CCS(C)(=O)=O)C(CN)c1ccoc1. The van der Waals surface area contributed by atoms with Crippen molar-refractivity contribution in [1.82, 2.24) is 4.90 Å². The molecule has 0 fully saturated rings. The summed E-state index contributed by atoms with van der Waals surface area (Å²) in [4.78, 5) is 1.92. The molecule has 0 saturated heterocycles. The molecule has 2 N–H and O–H groups in total. The van der Waals surface area contributed by atoms with Crippen LogP contribution in [0.5, 0.6) is 0 Å². The highest BCUT2D eigenvalue weighted by atomic mass is 32.2. The molecular weight excluding hydrogens is 228 g/mol. The fourth-order valence-corrected chi connectivity index (χ4v) is 2.12. The Bertz CT molecular complexity index is 400. The van der Waals surface area contributed by atoms with Crippen LogP contribution in [0.3, 0.4) is 0 Å². The number of nitrogens with zero attached hydrogens (tertiary/aromatic N) is 1. The Morgan fingerprint density at radius 3 is 2.69 bits per heavy atom. The van der Waals surface area contributed by atoms with Gasteiger partial charge in [0, 0.05) is 31.0 Å². The first kappa shape index (κ1) is 13.2. The van der Waals surface area contributed by atoms with Gasteiger partial charge in [-0.1, -0.05) is 0 Å².